The van der Waals surface area contributed by atoms with Gasteiger partial charge in [0.15, 0.2) is 6.04 Å². The quantitative estimate of drug-likeness (QED) is 0.436. The highest BCUT2D eigenvalue weighted by molar-refractivity contribution is 7.50. The number of carboxylic acids is 1. The Labute approximate surface area is 47.3 Å². The molecular weight excluding hydrogens is 114 g/mol. The summed E-state index contributed by atoms with van der Waals surface area (Å²) in [6, 6.07) is -0.491. The van der Waals surface area contributed by atoms with Crippen LogP contribution in [-0.4, -0.2) is 17.1 Å². The van der Waals surface area contributed by atoms with E-state index in [1.54, 1.807) is 0 Å². The lowest BCUT2D eigenvalue weighted by Crippen LogP contribution is -2.85. The average Bonchev–Trinajstić information content (AvgIpc) is 1.65. The van der Waals surface area contributed by atoms with Crippen molar-refractivity contribution in [1.82, 2.24) is 0 Å². The summed E-state index contributed by atoms with van der Waals surface area (Å²) in [7, 11) is 0. The van der Waals surface area contributed by atoms with Crippen LogP contribution in [0.3, 0.4) is 0 Å². The molecule has 42 valence electrons. The molecule has 3 N–H and O–H groups in total. The first-order chi connectivity index (χ1) is 3.18. The molecule has 0 aromatic heterocycles. The molecule has 0 saturated carbocycles. The van der Waals surface area contributed by atoms with Crippen molar-refractivity contribution in [2.75, 3.05) is 0 Å². The molecule has 1 atom stereocenters. The van der Waals surface area contributed by atoms with Gasteiger partial charge < -0.3 is 22.6 Å². The highest BCUT2D eigenvalue weighted by atomic mass is 32.1. The summed E-state index contributed by atoms with van der Waals surface area (Å²) in [5, 5.41) is 8.08. The Morgan fingerprint density at radius 1 is 2.00 bits per heavy atom. The van der Waals surface area contributed by atoms with E-state index in [1.807, 2.05) is 0 Å². The smallest absolute Gasteiger partial charge is 0.360 e. The standard InChI is InChI=1S/C3H7NO2S/c1-2(4-7)3(5)6/h2H,4H2,1H3,(H,5,6). The van der Waals surface area contributed by atoms with Crippen LogP contribution in [0, 0.1) is 0 Å². The van der Waals surface area contributed by atoms with E-state index in [0.717, 1.165) is 0 Å². The van der Waals surface area contributed by atoms with Gasteiger partial charge in [-0.2, -0.15) is 0 Å². The van der Waals surface area contributed by atoms with E-state index in [-0.39, 0.29) is 0 Å². The van der Waals surface area contributed by atoms with Gasteiger partial charge in [-0.05, 0) is 6.92 Å². The molecule has 1 unspecified atom stereocenters. The normalized spacial score (nSPS) is 13.4. The molecule has 0 aromatic carbocycles. The van der Waals surface area contributed by atoms with Crippen LogP contribution >= 0.6 is 0 Å². The SMILES string of the molecule is CC([NH2+][S-])C(=O)O. The van der Waals surface area contributed by atoms with E-state index in [1.165, 1.54) is 11.6 Å². The summed E-state index contributed by atoms with van der Waals surface area (Å²) in [6.07, 6.45) is 0. The highest BCUT2D eigenvalue weighted by Crippen LogP contribution is 1.66. The average molecular weight is 121 g/mol. The van der Waals surface area contributed by atoms with Gasteiger partial charge in [-0.3, -0.25) is 0 Å². The monoisotopic (exact) mass is 121 g/mol. The third-order valence-corrected chi connectivity index (χ3v) is 1.00. The van der Waals surface area contributed by atoms with Crippen LogP contribution in [0.25, 0.3) is 0 Å². The Bertz CT molecular complexity index is 75.3. The molecule has 0 aliphatic heterocycles. The Morgan fingerprint density at radius 2 is 2.43 bits per heavy atom. The molecule has 0 rings (SSSR count). The minimum absolute atomic E-state index is 0.491. The van der Waals surface area contributed by atoms with Crippen LogP contribution in [0.2, 0.25) is 0 Å². The lowest BCUT2D eigenvalue weighted by atomic mass is 10.4. The second-order valence-corrected chi connectivity index (χ2v) is 1.54. The van der Waals surface area contributed by atoms with E-state index in [0.29, 0.717) is 0 Å². The molecule has 0 radical (unpaired) electrons. The Kier molecular flexibility index (Phi) is 2.78. The van der Waals surface area contributed by atoms with Gasteiger partial charge in [0.25, 0.3) is 0 Å². The fourth-order valence-electron chi connectivity index (χ4n) is 0.0582. The molecule has 0 amide bonds. The molecule has 0 saturated heterocycles. The van der Waals surface area contributed by atoms with Crippen LogP contribution in [0.1, 0.15) is 6.92 Å². The number of carboxylic acid groups (broad SMARTS) is 1. The minimum atomic E-state index is -0.866. The summed E-state index contributed by atoms with van der Waals surface area (Å²) in [4.78, 5) is 9.83. The topological polar surface area (TPSA) is 53.9 Å². The van der Waals surface area contributed by atoms with Gasteiger partial charge in [-0.25, -0.2) is 4.79 Å². The summed E-state index contributed by atoms with van der Waals surface area (Å²) in [5.41, 5.74) is 0. The van der Waals surface area contributed by atoms with Gasteiger partial charge in [0.05, 0.1) is 0 Å². The number of quaternary nitrogens is 1. The molecule has 4 heteroatoms. The predicted octanol–water partition coefficient (Wildman–Crippen LogP) is -1.52. The van der Waals surface area contributed by atoms with Gasteiger partial charge in [0.2, 0.25) is 0 Å². The molecule has 0 fully saturated rings. The molecule has 0 aliphatic carbocycles. The van der Waals surface area contributed by atoms with Gasteiger partial charge in [-0.15, -0.1) is 0 Å². The molecule has 0 aromatic rings. The van der Waals surface area contributed by atoms with Crippen molar-refractivity contribution >= 4 is 18.8 Å². The Hall–Kier alpha value is -0.220. The van der Waals surface area contributed by atoms with Crippen LogP contribution in [0.15, 0.2) is 0 Å². The number of nitrogens with two attached hydrogens (primary N) is 1. The lowest BCUT2D eigenvalue weighted by molar-refractivity contribution is -0.506. The van der Waals surface area contributed by atoms with Gasteiger partial charge in [-0.1, -0.05) is 0 Å². The first-order valence-corrected chi connectivity index (χ1v) is 2.33. The maximum absolute atomic E-state index is 9.83. The first-order valence-electron chi connectivity index (χ1n) is 1.86. The molecular formula is C3H7NO2S. The van der Waals surface area contributed by atoms with Crippen molar-refractivity contribution in [3.8, 4) is 0 Å². The van der Waals surface area contributed by atoms with Crippen LogP contribution in [0.5, 0.6) is 0 Å². The van der Waals surface area contributed by atoms with Crippen molar-refractivity contribution in [1.29, 1.82) is 0 Å². The summed E-state index contributed by atoms with van der Waals surface area (Å²) in [5.74, 6) is -0.866. The molecule has 7 heavy (non-hydrogen) atoms. The lowest BCUT2D eigenvalue weighted by Gasteiger charge is -2.04. The highest BCUT2D eigenvalue weighted by Gasteiger charge is 2.05. The van der Waals surface area contributed by atoms with Gasteiger partial charge in [0.1, 0.15) is 0 Å². The zero-order valence-corrected chi connectivity index (χ0v) is 4.73. The predicted molar refractivity (Wildman–Crippen MR) is 26.4 cm³/mol. The number of hydrogen-bond acceptors (Lipinski definition) is 2. The number of aliphatic carboxylic acids is 1. The largest absolute Gasteiger partial charge is 0.497 e. The van der Waals surface area contributed by atoms with Crippen LogP contribution in [0.4, 0.5) is 0 Å². The molecule has 0 aliphatic rings. The number of rotatable bonds is 2. The van der Waals surface area contributed by atoms with Crippen LogP contribution < -0.4 is 4.72 Å². The zero-order chi connectivity index (χ0) is 5.86. The van der Waals surface area contributed by atoms with Crippen molar-refractivity contribution < 1.29 is 14.6 Å². The van der Waals surface area contributed by atoms with Crippen molar-refractivity contribution in [3.63, 3.8) is 0 Å². The Morgan fingerprint density at radius 3 is 2.43 bits per heavy atom. The van der Waals surface area contributed by atoms with Crippen LogP contribution in [-0.2, 0) is 17.6 Å². The molecule has 3 nitrogen and oxygen atoms in total. The molecule has 0 heterocycles. The third kappa shape index (κ3) is 2.47. The summed E-state index contributed by atoms with van der Waals surface area (Å²) in [6.45, 7) is 1.54. The minimum Gasteiger partial charge on any atom is -0.497 e. The number of carbonyl (C=O) groups is 1. The second-order valence-electron chi connectivity index (χ2n) is 1.26. The number of hydrogen-bond donors (Lipinski definition) is 2. The van der Waals surface area contributed by atoms with Crippen molar-refractivity contribution in [2.45, 2.75) is 13.0 Å². The van der Waals surface area contributed by atoms with E-state index in [9.17, 15) is 4.79 Å². The first kappa shape index (κ1) is 6.78. The maximum Gasteiger partial charge on any atom is 0.360 e. The van der Waals surface area contributed by atoms with Crippen molar-refractivity contribution in [2.24, 2.45) is 0 Å². The molecule has 0 spiro atoms. The fraction of sp³-hybridized carbons (Fsp3) is 0.667. The van der Waals surface area contributed by atoms with Gasteiger partial charge in [0, 0.05) is 0 Å². The summed E-state index contributed by atoms with van der Waals surface area (Å²) < 4.78 is 1.22. The second kappa shape index (κ2) is 2.87. The zero-order valence-electron chi connectivity index (χ0n) is 3.92. The van der Waals surface area contributed by atoms with E-state index in [4.69, 9.17) is 5.11 Å². The Balaban J connectivity index is 3.34. The third-order valence-electron chi connectivity index (χ3n) is 0.594. The maximum atomic E-state index is 9.83. The fourth-order valence-corrected chi connectivity index (χ4v) is 0.175. The van der Waals surface area contributed by atoms with E-state index < -0.39 is 12.0 Å². The van der Waals surface area contributed by atoms with Crippen molar-refractivity contribution in [3.05, 3.63) is 0 Å². The van der Waals surface area contributed by atoms with Gasteiger partial charge >= 0.3 is 5.97 Å². The van der Waals surface area contributed by atoms with E-state index >= 15 is 0 Å². The summed E-state index contributed by atoms with van der Waals surface area (Å²) >= 11 is 4.35. The van der Waals surface area contributed by atoms with E-state index in [2.05, 4.69) is 12.8 Å². The molecule has 0 bridgehead atoms.